The van der Waals surface area contributed by atoms with E-state index in [1.807, 2.05) is 44.3 Å². The van der Waals surface area contributed by atoms with Crippen LogP contribution in [0.3, 0.4) is 0 Å². The van der Waals surface area contributed by atoms with Crippen LogP contribution in [0.2, 0.25) is 0 Å². The van der Waals surface area contributed by atoms with Crippen molar-refractivity contribution in [1.82, 2.24) is 10.2 Å². The minimum atomic E-state index is 0.603. The van der Waals surface area contributed by atoms with E-state index in [1.54, 1.807) is 14.2 Å². The van der Waals surface area contributed by atoms with Crippen molar-refractivity contribution in [2.45, 2.75) is 13.5 Å². The Morgan fingerprint density at radius 3 is 2.37 bits per heavy atom. The number of hydrogen-bond acceptors (Lipinski definition) is 5. The van der Waals surface area contributed by atoms with Gasteiger partial charge in [0.05, 0.1) is 26.5 Å². The highest BCUT2D eigenvalue weighted by atomic mass is 16.5. The van der Waals surface area contributed by atoms with Gasteiger partial charge in [-0.3, -0.25) is 4.99 Å². The molecule has 7 heteroatoms. The van der Waals surface area contributed by atoms with Gasteiger partial charge in [0.25, 0.3) is 0 Å². The normalized spacial score (nSPS) is 14.5. The fourth-order valence-corrected chi connectivity index (χ4v) is 3.66. The third-order valence-corrected chi connectivity index (χ3v) is 5.20. The predicted molar refractivity (Wildman–Crippen MR) is 121 cm³/mol. The predicted octanol–water partition coefficient (Wildman–Crippen LogP) is 3.00. The summed E-state index contributed by atoms with van der Waals surface area (Å²) in [6.45, 7) is 6.86. The molecule has 30 heavy (non-hydrogen) atoms. The number of benzene rings is 2. The molecule has 0 bridgehead atoms. The van der Waals surface area contributed by atoms with Crippen LogP contribution in [-0.2, 0) is 6.54 Å². The number of rotatable bonds is 7. The lowest BCUT2D eigenvalue weighted by molar-refractivity contribution is 0.310. The molecule has 0 atom stereocenters. The van der Waals surface area contributed by atoms with Crippen molar-refractivity contribution in [2.24, 2.45) is 4.99 Å². The van der Waals surface area contributed by atoms with Crippen molar-refractivity contribution >= 4 is 11.6 Å². The second kappa shape index (κ2) is 10.6. The van der Waals surface area contributed by atoms with Crippen LogP contribution in [0, 0.1) is 0 Å². The summed E-state index contributed by atoms with van der Waals surface area (Å²) < 4.78 is 16.6. The first-order chi connectivity index (χ1) is 14.7. The van der Waals surface area contributed by atoms with E-state index in [1.165, 1.54) is 0 Å². The molecule has 162 valence electrons. The average Bonchev–Trinajstić information content (AvgIpc) is 2.80. The molecule has 0 amide bonds. The summed E-state index contributed by atoms with van der Waals surface area (Å²) in [6, 6.07) is 14.2. The van der Waals surface area contributed by atoms with Crippen molar-refractivity contribution in [3.63, 3.8) is 0 Å². The van der Waals surface area contributed by atoms with Gasteiger partial charge in [-0.15, -0.1) is 0 Å². The van der Waals surface area contributed by atoms with E-state index in [0.717, 1.165) is 60.6 Å². The highest BCUT2D eigenvalue weighted by molar-refractivity contribution is 5.80. The number of piperazine rings is 1. The zero-order chi connectivity index (χ0) is 21.3. The van der Waals surface area contributed by atoms with Crippen molar-refractivity contribution in [1.29, 1.82) is 0 Å². The highest BCUT2D eigenvalue weighted by Gasteiger charge is 2.21. The van der Waals surface area contributed by atoms with Crippen LogP contribution in [-0.4, -0.2) is 64.9 Å². The van der Waals surface area contributed by atoms with E-state index in [4.69, 9.17) is 14.2 Å². The molecule has 1 aliphatic rings. The maximum absolute atomic E-state index is 5.68. The number of guanidine groups is 1. The van der Waals surface area contributed by atoms with Gasteiger partial charge in [0.15, 0.2) is 17.5 Å². The second-order valence-electron chi connectivity index (χ2n) is 6.96. The lowest BCUT2D eigenvalue weighted by atomic mass is 10.2. The van der Waals surface area contributed by atoms with E-state index in [2.05, 4.69) is 32.2 Å². The lowest BCUT2D eigenvalue weighted by Crippen LogP contribution is -2.52. The summed E-state index contributed by atoms with van der Waals surface area (Å²) in [5, 5.41) is 3.48. The maximum atomic E-state index is 5.68. The molecule has 0 spiro atoms. The topological polar surface area (TPSA) is 58.6 Å². The van der Waals surface area contributed by atoms with Gasteiger partial charge >= 0.3 is 0 Å². The van der Waals surface area contributed by atoms with Gasteiger partial charge in [0, 0.05) is 39.8 Å². The van der Waals surface area contributed by atoms with Gasteiger partial charge in [0.1, 0.15) is 5.75 Å². The van der Waals surface area contributed by atoms with Gasteiger partial charge in [-0.2, -0.15) is 0 Å². The molecule has 0 unspecified atom stereocenters. The molecule has 3 rings (SSSR count). The number of ether oxygens (including phenoxy) is 3. The molecule has 1 N–H and O–H groups in total. The van der Waals surface area contributed by atoms with Gasteiger partial charge in [-0.05, 0) is 36.8 Å². The van der Waals surface area contributed by atoms with Gasteiger partial charge in [-0.25, -0.2) is 0 Å². The first kappa shape index (κ1) is 21.6. The summed E-state index contributed by atoms with van der Waals surface area (Å²) in [5.74, 6) is 3.33. The van der Waals surface area contributed by atoms with Crippen molar-refractivity contribution in [3.05, 3.63) is 48.0 Å². The van der Waals surface area contributed by atoms with Crippen molar-refractivity contribution in [3.8, 4) is 17.2 Å². The summed E-state index contributed by atoms with van der Waals surface area (Å²) in [7, 11) is 5.20. The third kappa shape index (κ3) is 5.09. The number of hydrogen-bond donors (Lipinski definition) is 1. The molecule has 1 aliphatic heterocycles. The molecule has 7 nitrogen and oxygen atoms in total. The zero-order valence-electron chi connectivity index (χ0n) is 18.4. The fraction of sp³-hybridized carbons (Fsp3) is 0.435. The molecular weight excluding hydrogens is 380 g/mol. The molecule has 0 saturated carbocycles. The Morgan fingerprint density at radius 2 is 1.70 bits per heavy atom. The van der Waals surface area contributed by atoms with E-state index in [-0.39, 0.29) is 0 Å². The summed E-state index contributed by atoms with van der Waals surface area (Å²) in [6.07, 6.45) is 0. The Morgan fingerprint density at radius 1 is 0.967 bits per heavy atom. The molecule has 0 aliphatic carbocycles. The number of nitrogens with zero attached hydrogens (tertiary/aromatic N) is 3. The summed E-state index contributed by atoms with van der Waals surface area (Å²) in [5.41, 5.74) is 2.26. The van der Waals surface area contributed by atoms with Crippen LogP contribution in [0.15, 0.2) is 47.5 Å². The Bertz CT molecular complexity index is 848. The van der Waals surface area contributed by atoms with Crippen LogP contribution in [0.5, 0.6) is 17.2 Å². The van der Waals surface area contributed by atoms with Crippen LogP contribution >= 0.6 is 0 Å². The van der Waals surface area contributed by atoms with E-state index < -0.39 is 0 Å². The number of para-hydroxylation sites is 2. The summed E-state index contributed by atoms with van der Waals surface area (Å²) >= 11 is 0. The third-order valence-electron chi connectivity index (χ3n) is 5.20. The lowest BCUT2D eigenvalue weighted by Gasteiger charge is -2.38. The zero-order valence-corrected chi connectivity index (χ0v) is 18.4. The Labute approximate surface area is 179 Å². The van der Waals surface area contributed by atoms with Gasteiger partial charge in [-0.1, -0.05) is 18.2 Å². The standard InChI is InChI=1S/C23H32N4O3/c1-5-30-22-16-18(10-11-21(22)29-4)17-25-23(24-2)27-14-12-26(13-15-27)19-8-6-7-9-20(19)28-3/h6-11,16H,5,12-15,17H2,1-4H3,(H,24,25). The summed E-state index contributed by atoms with van der Waals surface area (Å²) in [4.78, 5) is 9.14. The smallest absolute Gasteiger partial charge is 0.194 e. The number of aliphatic imine (C=N–C) groups is 1. The van der Waals surface area contributed by atoms with Crippen LogP contribution in [0.4, 0.5) is 5.69 Å². The SMILES string of the molecule is CCOc1cc(CNC(=NC)N2CCN(c3ccccc3OC)CC2)ccc1OC. The highest BCUT2D eigenvalue weighted by Crippen LogP contribution is 2.29. The maximum Gasteiger partial charge on any atom is 0.194 e. The Kier molecular flexibility index (Phi) is 7.65. The molecule has 0 radical (unpaired) electrons. The quantitative estimate of drug-likeness (QED) is 0.557. The molecule has 1 saturated heterocycles. The average molecular weight is 413 g/mol. The number of nitrogens with one attached hydrogen (secondary N) is 1. The van der Waals surface area contributed by atoms with Crippen LogP contribution in [0.25, 0.3) is 0 Å². The van der Waals surface area contributed by atoms with Crippen molar-refractivity contribution in [2.75, 3.05) is 59.0 Å². The van der Waals surface area contributed by atoms with Crippen LogP contribution < -0.4 is 24.4 Å². The van der Waals surface area contributed by atoms with E-state index >= 15 is 0 Å². The van der Waals surface area contributed by atoms with Gasteiger partial charge in [0.2, 0.25) is 0 Å². The number of anilines is 1. The minimum absolute atomic E-state index is 0.603. The molecular formula is C23H32N4O3. The molecule has 0 aromatic heterocycles. The van der Waals surface area contributed by atoms with Crippen molar-refractivity contribution < 1.29 is 14.2 Å². The monoisotopic (exact) mass is 412 g/mol. The fourth-order valence-electron chi connectivity index (χ4n) is 3.66. The first-order valence-electron chi connectivity index (χ1n) is 10.3. The van der Waals surface area contributed by atoms with Gasteiger partial charge < -0.3 is 29.3 Å². The minimum Gasteiger partial charge on any atom is -0.495 e. The van der Waals surface area contributed by atoms with E-state index in [0.29, 0.717) is 13.2 Å². The number of methoxy groups -OCH3 is 2. The Hall–Kier alpha value is -3.09. The molecule has 1 fully saturated rings. The molecule has 2 aromatic rings. The second-order valence-corrected chi connectivity index (χ2v) is 6.96. The molecule has 2 aromatic carbocycles. The van der Waals surface area contributed by atoms with E-state index in [9.17, 15) is 0 Å². The Balaban J connectivity index is 1.58. The van der Waals surface area contributed by atoms with Crippen LogP contribution in [0.1, 0.15) is 12.5 Å². The largest absolute Gasteiger partial charge is 0.495 e. The molecule has 1 heterocycles. The first-order valence-corrected chi connectivity index (χ1v) is 10.3.